The summed E-state index contributed by atoms with van der Waals surface area (Å²) >= 11 is 3.47. The molecule has 0 bridgehead atoms. The molecule has 2 N–H and O–H groups in total. The second-order valence-electron chi connectivity index (χ2n) is 7.49. The number of anilines is 1. The van der Waals surface area contributed by atoms with Crippen LogP contribution in [-0.4, -0.2) is 29.5 Å². The van der Waals surface area contributed by atoms with Crippen molar-refractivity contribution in [1.82, 2.24) is 5.32 Å². The van der Waals surface area contributed by atoms with Gasteiger partial charge in [0, 0.05) is 17.4 Å². The molecule has 1 aliphatic rings. The van der Waals surface area contributed by atoms with E-state index < -0.39 is 18.1 Å². The summed E-state index contributed by atoms with van der Waals surface area (Å²) in [5.41, 5.74) is 1.53. The zero-order chi connectivity index (χ0) is 20.3. The zero-order valence-corrected chi connectivity index (χ0v) is 17.6. The molecule has 28 heavy (non-hydrogen) atoms. The van der Waals surface area contributed by atoms with Crippen LogP contribution in [0.5, 0.6) is 0 Å². The molecule has 3 unspecified atom stereocenters. The number of hydrogen-bond donors (Lipinski definition) is 2. The van der Waals surface area contributed by atoms with Crippen molar-refractivity contribution >= 4 is 33.4 Å². The first-order chi connectivity index (χ1) is 13.4. The van der Waals surface area contributed by atoms with Gasteiger partial charge in [-0.05, 0) is 39.5 Å². The van der Waals surface area contributed by atoms with Gasteiger partial charge in [0.05, 0.1) is 23.8 Å². The summed E-state index contributed by atoms with van der Waals surface area (Å²) in [5.74, 6) is -0.673. The molecule has 1 fully saturated rings. The van der Waals surface area contributed by atoms with Crippen molar-refractivity contribution in [1.29, 1.82) is 0 Å². The van der Waals surface area contributed by atoms with Crippen molar-refractivity contribution in [3.8, 4) is 0 Å². The number of aliphatic hydroxyl groups is 1. The third-order valence-electron chi connectivity index (χ3n) is 5.15. The number of carbonyl (C=O) groups is 2. The highest BCUT2D eigenvalue weighted by atomic mass is 79.9. The Bertz CT molecular complexity index is 841. The van der Waals surface area contributed by atoms with Crippen LogP contribution in [0.3, 0.4) is 0 Å². The van der Waals surface area contributed by atoms with Gasteiger partial charge in [0.1, 0.15) is 0 Å². The summed E-state index contributed by atoms with van der Waals surface area (Å²) in [7, 11) is 0. The number of halogens is 1. The normalized spacial score (nSPS) is 19.0. The molecule has 2 aromatic carbocycles. The number of hydrogen-bond acceptors (Lipinski definition) is 3. The van der Waals surface area contributed by atoms with Gasteiger partial charge in [0.15, 0.2) is 0 Å². The predicted molar refractivity (Wildman–Crippen MR) is 113 cm³/mol. The van der Waals surface area contributed by atoms with Gasteiger partial charge in [-0.2, -0.15) is 0 Å². The van der Waals surface area contributed by atoms with E-state index in [1.165, 1.54) is 0 Å². The lowest BCUT2D eigenvalue weighted by Gasteiger charge is -2.29. The topological polar surface area (TPSA) is 69.6 Å². The Morgan fingerprint density at radius 1 is 1.14 bits per heavy atom. The summed E-state index contributed by atoms with van der Waals surface area (Å²) in [5, 5.41) is 13.7. The van der Waals surface area contributed by atoms with E-state index in [1.54, 1.807) is 4.90 Å². The van der Waals surface area contributed by atoms with Gasteiger partial charge in [-0.25, -0.2) is 0 Å². The Morgan fingerprint density at radius 2 is 1.79 bits per heavy atom. The zero-order valence-electron chi connectivity index (χ0n) is 16.0. The molecule has 148 valence electrons. The molecule has 0 radical (unpaired) electrons. The molecule has 2 aromatic rings. The Labute approximate surface area is 173 Å². The van der Waals surface area contributed by atoms with Crippen molar-refractivity contribution in [3.05, 3.63) is 64.6 Å². The first kappa shape index (κ1) is 20.6. The molecule has 0 aromatic heterocycles. The van der Waals surface area contributed by atoms with Gasteiger partial charge in [0.2, 0.25) is 11.8 Å². The summed E-state index contributed by atoms with van der Waals surface area (Å²) in [4.78, 5) is 27.0. The van der Waals surface area contributed by atoms with Gasteiger partial charge < -0.3 is 15.3 Å². The van der Waals surface area contributed by atoms with Crippen LogP contribution in [0.25, 0.3) is 0 Å². The first-order valence-corrected chi connectivity index (χ1v) is 10.3. The fraction of sp³-hybridized carbons (Fsp3) is 0.364. The van der Waals surface area contributed by atoms with Crippen LogP contribution in [0.1, 0.15) is 31.9 Å². The maximum atomic E-state index is 12.9. The minimum Gasteiger partial charge on any atom is -0.386 e. The van der Waals surface area contributed by atoms with E-state index in [0.717, 1.165) is 15.7 Å². The molecule has 0 aliphatic carbocycles. The van der Waals surface area contributed by atoms with Crippen LogP contribution in [0.2, 0.25) is 0 Å². The van der Waals surface area contributed by atoms with Gasteiger partial charge in [-0.15, -0.1) is 0 Å². The SMILES string of the molecule is CC(C)C(NC(=O)C1CC(=O)N(c2ccccc2Br)C1)C(O)c1ccccc1. The maximum absolute atomic E-state index is 12.9. The highest BCUT2D eigenvalue weighted by Crippen LogP contribution is 2.31. The van der Waals surface area contributed by atoms with Crippen LogP contribution < -0.4 is 10.2 Å². The quantitative estimate of drug-likeness (QED) is 0.713. The second kappa shape index (κ2) is 8.88. The van der Waals surface area contributed by atoms with E-state index in [1.807, 2.05) is 68.4 Å². The van der Waals surface area contributed by atoms with E-state index in [-0.39, 0.29) is 24.2 Å². The van der Waals surface area contributed by atoms with Crippen LogP contribution in [0.15, 0.2) is 59.1 Å². The number of aliphatic hydroxyl groups excluding tert-OH is 1. The largest absolute Gasteiger partial charge is 0.386 e. The lowest BCUT2D eigenvalue weighted by atomic mass is 9.92. The number of nitrogens with one attached hydrogen (secondary N) is 1. The summed E-state index contributed by atoms with van der Waals surface area (Å²) in [6, 6.07) is 16.4. The Kier molecular flexibility index (Phi) is 6.52. The summed E-state index contributed by atoms with van der Waals surface area (Å²) in [6.07, 6.45) is -0.638. The number of amides is 2. The number of carbonyl (C=O) groups excluding carboxylic acids is 2. The molecule has 1 heterocycles. The average Bonchev–Trinajstić information content (AvgIpc) is 3.08. The highest BCUT2D eigenvalue weighted by Gasteiger charge is 2.37. The third-order valence-corrected chi connectivity index (χ3v) is 5.82. The molecule has 2 amide bonds. The average molecular weight is 445 g/mol. The van der Waals surface area contributed by atoms with Gasteiger partial charge in [0.25, 0.3) is 0 Å². The molecule has 6 heteroatoms. The smallest absolute Gasteiger partial charge is 0.227 e. The molecule has 5 nitrogen and oxygen atoms in total. The van der Waals surface area contributed by atoms with Crippen LogP contribution >= 0.6 is 15.9 Å². The molecule has 1 saturated heterocycles. The lowest BCUT2D eigenvalue weighted by molar-refractivity contribution is -0.128. The molecule has 0 saturated carbocycles. The predicted octanol–water partition coefficient (Wildman–Crippen LogP) is 3.68. The van der Waals surface area contributed by atoms with Crippen molar-refractivity contribution in [2.45, 2.75) is 32.4 Å². The molecule has 0 spiro atoms. The highest BCUT2D eigenvalue weighted by molar-refractivity contribution is 9.10. The van der Waals surface area contributed by atoms with Crippen molar-refractivity contribution < 1.29 is 14.7 Å². The molecule has 3 atom stereocenters. The summed E-state index contributed by atoms with van der Waals surface area (Å²) < 4.78 is 0.823. The van der Waals surface area contributed by atoms with Crippen molar-refractivity contribution in [2.24, 2.45) is 11.8 Å². The standard InChI is InChI=1S/C22H25BrN2O3/c1-14(2)20(21(27)15-8-4-3-5-9-15)24-22(28)16-12-19(26)25(13-16)18-11-7-6-10-17(18)23/h3-11,14,16,20-21,27H,12-13H2,1-2H3,(H,24,28). The molecular weight excluding hydrogens is 420 g/mol. The minimum atomic E-state index is -0.804. The Balaban J connectivity index is 1.71. The number of benzene rings is 2. The Morgan fingerprint density at radius 3 is 2.43 bits per heavy atom. The Hall–Kier alpha value is -2.18. The van der Waals surface area contributed by atoms with Crippen molar-refractivity contribution in [2.75, 3.05) is 11.4 Å². The van der Waals surface area contributed by atoms with E-state index >= 15 is 0 Å². The van der Waals surface area contributed by atoms with Crippen LogP contribution in [0.4, 0.5) is 5.69 Å². The van der Waals surface area contributed by atoms with E-state index in [4.69, 9.17) is 0 Å². The van der Waals surface area contributed by atoms with E-state index in [0.29, 0.717) is 6.54 Å². The van der Waals surface area contributed by atoms with E-state index in [9.17, 15) is 14.7 Å². The van der Waals surface area contributed by atoms with Gasteiger partial charge >= 0.3 is 0 Å². The monoisotopic (exact) mass is 444 g/mol. The molecular formula is C22H25BrN2O3. The third kappa shape index (κ3) is 4.45. The minimum absolute atomic E-state index is 0.0376. The fourth-order valence-corrected chi connectivity index (χ4v) is 4.04. The molecule has 3 rings (SSSR count). The van der Waals surface area contributed by atoms with E-state index in [2.05, 4.69) is 21.2 Å². The van der Waals surface area contributed by atoms with Crippen LogP contribution in [0, 0.1) is 11.8 Å². The van der Waals surface area contributed by atoms with Crippen LogP contribution in [-0.2, 0) is 9.59 Å². The number of para-hydroxylation sites is 1. The summed E-state index contributed by atoms with van der Waals surface area (Å²) in [6.45, 7) is 4.26. The number of nitrogens with zero attached hydrogens (tertiary/aromatic N) is 1. The lowest BCUT2D eigenvalue weighted by Crippen LogP contribution is -2.46. The number of rotatable bonds is 6. The van der Waals surface area contributed by atoms with Crippen molar-refractivity contribution in [3.63, 3.8) is 0 Å². The van der Waals surface area contributed by atoms with Gasteiger partial charge in [-0.3, -0.25) is 9.59 Å². The van der Waals surface area contributed by atoms with Gasteiger partial charge in [-0.1, -0.05) is 56.3 Å². The first-order valence-electron chi connectivity index (χ1n) is 9.46. The fourth-order valence-electron chi connectivity index (χ4n) is 3.54. The molecule has 1 aliphatic heterocycles. The maximum Gasteiger partial charge on any atom is 0.227 e. The second-order valence-corrected chi connectivity index (χ2v) is 8.35.